The van der Waals surface area contributed by atoms with Gasteiger partial charge in [-0.05, 0) is 32.2 Å². The zero-order chi connectivity index (χ0) is 14.3. The first kappa shape index (κ1) is 16.2. The van der Waals surface area contributed by atoms with Gasteiger partial charge in [-0.2, -0.15) is 0 Å². The fourth-order valence-corrected chi connectivity index (χ4v) is 2.31. The van der Waals surface area contributed by atoms with Crippen molar-refractivity contribution in [1.29, 1.82) is 0 Å². The Bertz CT molecular complexity index is 356. The normalized spacial score (nSPS) is 12.3. The maximum Gasteiger partial charge on any atom is 0.138 e. The fraction of sp³-hybridized carbons (Fsp3) is 0.800. The van der Waals surface area contributed by atoms with Crippen LogP contribution < -0.4 is 5.32 Å². The summed E-state index contributed by atoms with van der Waals surface area (Å²) in [6, 6.07) is 0. The molecule has 0 saturated carbocycles. The zero-order valence-electron chi connectivity index (χ0n) is 13.0. The van der Waals surface area contributed by atoms with Crippen molar-refractivity contribution < 1.29 is 4.74 Å². The van der Waals surface area contributed by atoms with Gasteiger partial charge in [-0.1, -0.05) is 27.7 Å². The molecular formula is C15H29N3O. The number of rotatable bonds is 9. The Balaban J connectivity index is 2.70. The summed E-state index contributed by atoms with van der Waals surface area (Å²) in [5.41, 5.74) is 0.868. The first-order valence-corrected chi connectivity index (χ1v) is 7.47. The molecule has 1 aromatic heterocycles. The molecule has 0 saturated heterocycles. The van der Waals surface area contributed by atoms with E-state index in [-0.39, 0.29) is 5.60 Å². The number of nitrogens with zero attached hydrogens (tertiary/aromatic N) is 1. The van der Waals surface area contributed by atoms with Crippen molar-refractivity contribution in [3.8, 4) is 0 Å². The van der Waals surface area contributed by atoms with Crippen LogP contribution in [0.15, 0.2) is 6.20 Å². The summed E-state index contributed by atoms with van der Waals surface area (Å²) in [5, 5.41) is 3.42. The van der Waals surface area contributed by atoms with Gasteiger partial charge in [0, 0.05) is 25.0 Å². The van der Waals surface area contributed by atoms with Crippen LogP contribution in [0, 0.1) is 5.92 Å². The number of aromatic nitrogens is 2. The number of hydrogen-bond acceptors (Lipinski definition) is 3. The van der Waals surface area contributed by atoms with E-state index in [1.165, 1.54) is 0 Å². The minimum Gasteiger partial charge on any atom is -0.367 e. The third-order valence-corrected chi connectivity index (χ3v) is 3.49. The van der Waals surface area contributed by atoms with Gasteiger partial charge < -0.3 is 15.0 Å². The maximum atomic E-state index is 5.96. The largest absolute Gasteiger partial charge is 0.367 e. The highest BCUT2D eigenvalue weighted by atomic mass is 16.5. The van der Waals surface area contributed by atoms with Crippen LogP contribution in [-0.4, -0.2) is 23.1 Å². The van der Waals surface area contributed by atoms with E-state index in [9.17, 15) is 0 Å². The molecule has 0 aromatic carbocycles. The summed E-state index contributed by atoms with van der Waals surface area (Å²) >= 11 is 0. The Hall–Kier alpha value is -0.870. The SMILES string of the molecule is CCOC(CC)(CC)c1ncc(CNCC(C)C)[nH]1. The molecule has 19 heavy (non-hydrogen) atoms. The van der Waals surface area contributed by atoms with Gasteiger partial charge in [0.2, 0.25) is 0 Å². The summed E-state index contributed by atoms with van der Waals surface area (Å²) in [7, 11) is 0. The van der Waals surface area contributed by atoms with E-state index in [4.69, 9.17) is 4.74 Å². The van der Waals surface area contributed by atoms with E-state index < -0.39 is 0 Å². The molecule has 2 N–H and O–H groups in total. The van der Waals surface area contributed by atoms with Crippen molar-refractivity contribution in [2.45, 2.75) is 59.6 Å². The Morgan fingerprint density at radius 2 is 2.00 bits per heavy atom. The molecule has 0 aliphatic heterocycles. The molecule has 110 valence electrons. The minimum atomic E-state index is -0.259. The van der Waals surface area contributed by atoms with E-state index in [0.717, 1.165) is 37.4 Å². The standard InChI is InChI=1S/C15H29N3O/c1-6-15(7-2,19-8-3)14-17-11-13(18-14)10-16-9-12(4)5/h11-12,16H,6-10H2,1-5H3,(H,17,18). The monoisotopic (exact) mass is 267 g/mol. The quantitative estimate of drug-likeness (QED) is 0.722. The molecule has 0 fully saturated rings. The average molecular weight is 267 g/mol. The lowest BCUT2D eigenvalue weighted by atomic mass is 9.96. The van der Waals surface area contributed by atoms with E-state index in [2.05, 4.69) is 43.0 Å². The number of aromatic amines is 1. The van der Waals surface area contributed by atoms with Crippen LogP contribution in [0.3, 0.4) is 0 Å². The first-order valence-electron chi connectivity index (χ1n) is 7.47. The molecule has 1 heterocycles. The highest BCUT2D eigenvalue weighted by Crippen LogP contribution is 2.30. The molecule has 0 aliphatic carbocycles. The van der Waals surface area contributed by atoms with Crippen molar-refractivity contribution in [3.05, 3.63) is 17.7 Å². The van der Waals surface area contributed by atoms with Gasteiger partial charge in [-0.15, -0.1) is 0 Å². The Kier molecular flexibility index (Phi) is 6.52. The lowest BCUT2D eigenvalue weighted by Gasteiger charge is -2.29. The minimum absolute atomic E-state index is 0.259. The van der Waals surface area contributed by atoms with Crippen molar-refractivity contribution in [2.75, 3.05) is 13.2 Å². The van der Waals surface area contributed by atoms with Crippen molar-refractivity contribution in [1.82, 2.24) is 15.3 Å². The number of hydrogen-bond donors (Lipinski definition) is 2. The molecule has 4 nitrogen and oxygen atoms in total. The Morgan fingerprint density at radius 3 is 2.53 bits per heavy atom. The van der Waals surface area contributed by atoms with Crippen LogP contribution >= 0.6 is 0 Å². The van der Waals surface area contributed by atoms with E-state index in [1.807, 2.05) is 13.1 Å². The van der Waals surface area contributed by atoms with Crippen LogP contribution in [0.2, 0.25) is 0 Å². The lowest BCUT2D eigenvalue weighted by Crippen LogP contribution is -2.30. The molecule has 0 aliphatic rings. The maximum absolute atomic E-state index is 5.96. The van der Waals surface area contributed by atoms with E-state index in [0.29, 0.717) is 12.5 Å². The predicted molar refractivity (Wildman–Crippen MR) is 79.0 cm³/mol. The number of imidazole rings is 1. The number of ether oxygens (including phenoxy) is 1. The van der Waals surface area contributed by atoms with Crippen molar-refractivity contribution in [3.63, 3.8) is 0 Å². The molecule has 1 aromatic rings. The number of nitrogens with one attached hydrogen (secondary N) is 2. The highest BCUT2D eigenvalue weighted by molar-refractivity contribution is 5.09. The van der Waals surface area contributed by atoms with Gasteiger partial charge in [0.25, 0.3) is 0 Å². The molecule has 1 rings (SSSR count). The molecule has 0 spiro atoms. The highest BCUT2D eigenvalue weighted by Gasteiger charge is 2.31. The Labute approximate surface area is 117 Å². The first-order chi connectivity index (χ1) is 9.07. The van der Waals surface area contributed by atoms with Crippen molar-refractivity contribution in [2.24, 2.45) is 5.92 Å². The fourth-order valence-electron chi connectivity index (χ4n) is 2.31. The predicted octanol–water partition coefficient (Wildman–Crippen LogP) is 3.21. The number of H-pyrrole nitrogens is 1. The van der Waals surface area contributed by atoms with Gasteiger partial charge in [0.15, 0.2) is 0 Å². The summed E-state index contributed by atoms with van der Waals surface area (Å²) in [4.78, 5) is 7.94. The van der Waals surface area contributed by atoms with Crippen LogP contribution in [-0.2, 0) is 16.9 Å². The van der Waals surface area contributed by atoms with Crippen LogP contribution in [0.1, 0.15) is 59.0 Å². The molecule has 0 unspecified atom stereocenters. The summed E-state index contributed by atoms with van der Waals surface area (Å²) in [5.74, 6) is 1.62. The van der Waals surface area contributed by atoms with Crippen LogP contribution in [0.4, 0.5) is 0 Å². The summed E-state index contributed by atoms with van der Waals surface area (Å²) in [6.07, 6.45) is 3.79. The molecule has 0 amide bonds. The third kappa shape index (κ3) is 4.32. The van der Waals surface area contributed by atoms with E-state index >= 15 is 0 Å². The Morgan fingerprint density at radius 1 is 1.32 bits per heavy atom. The average Bonchev–Trinajstić information content (AvgIpc) is 2.85. The van der Waals surface area contributed by atoms with Gasteiger partial charge in [-0.25, -0.2) is 4.98 Å². The summed E-state index contributed by atoms with van der Waals surface area (Å²) in [6.45, 7) is 13.3. The molecule has 0 bridgehead atoms. The van der Waals surface area contributed by atoms with Gasteiger partial charge in [0.05, 0.1) is 0 Å². The summed E-state index contributed by atoms with van der Waals surface area (Å²) < 4.78 is 5.96. The molecule has 4 heteroatoms. The van der Waals surface area contributed by atoms with Crippen LogP contribution in [0.5, 0.6) is 0 Å². The zero-order valence-corrected chi connectivity index (χ0v) is 13.0. The molecule has 0 atom stereocenters. The van der Waals surface area contributed by atoms with Crippen molar-refractivity contribution >= 4 is 0 Å². The van der Waals surface area contributed by atoms with Gasteiger partial charge in [-0.3, -0.25) is 0 Å². The lowest BCUT2D eigenvalue weighted by molar-refractivity contribution is -0.0566. The second kappa shape index (κ2) is 7.65. The second-order valence-corrected chi connectivity index (χ2v) is 5.42. The van der Waals surface area contributed by atoms with Gasteiger partial charge in [0.1, 0.15) is 11.4 Å². The smallest absolute Gasteiger partial charge is 0.138 e. The second-order valence-electron chi connectivity index (χ2n) is 5.42. The third-order valence-electron chi connectivity index (χ3n) is 3.49. The molecular weight excluding hydrogens is 238 g/mol. The molecule has 0 radical (unpaired) electrons. The van der Waals surface area contributed by atoms with Crippen LogP contribution in [0.25, 0.3) is 0 Å². The van der Waals surface area contributed by atoms with E-state index in [1.54, 1.807) is 0 Å². The van der Waals surface area contributed by atoms with Gasteiger partial charge >= 0.3 is 0 Å². The topological polar surface area (TPSA) is 49.9 Å².